The lowest BCUT2D eigenvalue weighted by atomic mass is 9.85. The summed E-state index contributed by atoms with van der Waals surface area (Å²) in [7, 11) is 0. The number of nitrogen functional groups attached to an aromatic ring is 1. The minimum atomic E-state index is 0.0825. The number of hydrogen-bond acceptors (Lipinski definition) is 2. The van der Waals surface area contributed by atoms with Crippen molar-refractivity contribution >= 4 is 16.6 Å². The van der Waals surface area contributed by atoms with Gasteiger partial charge in [-0.05, 0) is 29.9 Å². The molecule has 0 aliphatic carbocycles. The fourth-order valence-corrected chi connectivity index (χ4v) is 2.53. The number of fused-ring (bicyclic) bond motifs is 1. The number of rotatable bonds is 1. The molecule has 18 heavy (non-hydrogen) atoms. The summed E-state index contributed by atoms with van der Waals surface area (Å²) < 4.78 is 0. The molecule has 2 rings (SSSR count). The van der Waals surface area contributed by atoms with E-state index in [0.29, 0.717) is 0 Å². The molecule has 0 radical (unpaired) electrons. The molecule has 1 heterocycles. The average Bonchev–Trinajstić information content (AvgIpc) is 2.27. The smallest absolute Gasteiger partial charge is 0.0763 e. The lowest BCUT2D eigenvalue weighted by Crippen LogP contribution is -2.13. The zero-order chi connectivity index (χ0) is 13.5. The molecule has 0 saturated heterocycles. The van der Waals surface area contributed by atoms with Gasteiger partial charge in [0.25, 0.3) is 0 Å². The van der Waals surface area contributed by atoms with Gasteiger partial charge in [-0.2, -0.15) is 0 Å². The molecule has 0 aliphatic heterocycles. The van der Waals surface area contributed by atoms with Crippen molar-refractivity contribution in [2.24, 2.45) is 0 Å². The number of hydrogen-bond donors (Lipinski definition) is 1. The highest BCUT2D eigenvalue weighted by atomic mass is 14.7. The highest BCUT2D eigenvalue weighted by Gasteiger charge is 2.19. The maximum Gasteiger partial charge on any atom is 0.0763 e. The van der Waals surface area contributed by atoms with E-state index in [1.165, 1.54) is 11.1 Å². The van der Waals surface area contributed by atoms with Crippen molar-refractivity contribution in [1.29, 1.82) is 0 Å². The number of para-hydroxylation sites is 1. The first-order valence-electron chi connectivity index (χ1n) is 6.54. The van der Waals surface area contributed by atoms with Gasteiger partial charge in [0.2, 0.25) is 0 Å². The van der Waals surface area contributed by atoms with E-state index >= 15 is 0 Å². The summed E-state index contributed by atoms with van der Waals surface area (Å²) in [6, 6.07) is 6.31. The normalized spacial score (nSPS) is 12.1. The highest BCUT2D eigenvalue weighted by molar-refractivity contribution is 5.94. The van der Waals surface area contributed by atoms with Crippen LogP contribution in [0.5, 0.6) is 0 Å². The van der Waals surface area contributed by atoms with Crippen LogP contribution in [0.4, 0.5) is 5.69 Å². The van der Waals surface area contributed by atoms with Crippen LogP contribution in [-0.2, 0) is 11.8 Å². The van der Waals surface area contributed by atoms with Crippen LogP contribution < -0.4 is 5.73 Å². The van der Waals surface area contributed by atoms with Gasteiger partial charge >= 0.3 is 0 Å². The van der Waals surface area contributed by atoms with Crippen molar-refractivity contribution < 1.29 is 0 Å². The average molecular weight is 242 g/mol. The zero-order valence-electron chi connectivity index (χ0n) is 12.0. The molecule has 0 fully saturated rings. The molecule has 0 amide bonds. The molecule has 0 atom stereocenters. The molecule has 0 unspecified atom stereocenters. The van der Waals surface area contributed by atoms with Crippen molar-refractivity contribution in [3.63, 3.8) is 0 Å². The van der Waals surface area contributed by atoms with Crippen molar-refractivity contribution in [3.05, 3.63) is 35.0 Å². The molecule has 0 aliphatic rings. The second-order valence-electron chi connectivity index (χ2n) is 5.89. The first-order chi connectivity index (χ1) is 8.36. The molecule has 1 aromatic heterocycles. The van der Waals surface area contributed by atoms with Gasteiger partial charge in [0, 0.05) is 16.8 Å². The Bertz CT molecular complexity index is 592. The summed E-state index contributed by atoms with van der Waals surface area (Å²) in [6.45, 7) is 10.8. The van der Waals surface area contributed by atoms with Crippen LogP contribution in [0.3, 0.4) is 0 Å². The van der Waals surface area contributed by atoms with Crippen molar-refractivity contribution in [2.75, 3.05) is 5.73 Å². The number of aryl methyl sites for hydroxylation is 1. The van der Waals surface area contributed by atoms with Gasteiger partial charge in [0.05, 0.1) is 5.52 Å². The van der Waals surface area contributed by atoms with Gasteiger partial charge in [0.1, 0.15) is 0 Å². The number of nitrogens with zero attached hydrogens (tertiary/aromatic N) is 1. The standard InChI is InChI=1S/C16H22N2/c1-6-11-10(2)18-15-12(14(11)17)8-7-9-13(15)16(3,4)5/h7-9H,6H2,1-5H3,(H2,17,18). The number of pyridine rings is 1. The number of aromatic nitrogens is 1. The van der Waals surface area contributed by atoms with Gasteiger partial charge in [-0.15, -0.1) is 0 Å². The van der Waals surface area contributed by atoms with E-state index in [9.17, 15) is 0 Å². The molecule has 2 nitrogen and oxygen atoms in total. The minimum Gasteiger partial charge on any atom is -0.398 e. The van der Waals surface area contributed by atoms with Crippen LogP contribution in [0, 0.1) is 6.92 Å². The van der Waals surface area contributed by atoms with Crippen LogP contribution in [-0.4, -0.2) is 4.98 Å². The molecule has 2 N–H and O–H groups in total. The van der Waals surface area contributed by atoms with Crippen molar-refractivity contribution in [2.45, 2.75) is 46.5 Å². The Labute approximate surface area is 109 Å². The Kier molecular flexibility index (Phi) is 3.05. The molecule has 0 bridgehead atoms. The molecule has 1 aromatic carbocycles. The molecule has 2 aromatic rings. The van der Waals surface area contributed by atoms with Crippen LogP contribution in [0.2, 0.25) is 0 Å². The zero-order valence-corrected chi connectivity index (χ0v) is 12.0. The quantitative estimate of drug-likeness (QED) is 0.821. The van der Waals surface area contributed by atoms with E-state index in [1.54, 1.807) is 0 Å². The van der Waals surface area contributed by atoms with E-state index < -0.39 is 0 Å². The van der Waals surface area contributed by atoms with E-state index in [-0.39, 0.29) is 5.41 Å². The molecular weight excluding hydrogens is 220 g/mol. The third-order valence-corrected chi connectivity index (χ3v) is 3.53. The summed E-state index contributed by atoms with van der Waals surface area (Å²) in [5.41, 5.74) is 11.8. The van der Waals surface area contributed by atoms with Crippen LogP contribution >= 0.6 is 0 Å². The predicted octanol–water partition coefficient (Wildman–Crippen LogP) is 3.99. The van der Waals surface area contributed by atoms with Gasteiger partial charge in [-0.1, -0.05) is 45.9 Å². The van der Waals surface area contributed by atoms with E-state index in [1.807, 2.05) is 6.92 Å². The predicted molar refractivity (Wildman–Crippen MR) is 79.0 cm³/mol. The summed E-state index contributed by atoms with van der Waals surface area (Å²) in [6.07, 6.45) is 0.931. The first kappa shape index (κ1) is 12.9. The van der Waals surface area contributed by atoms with Crippen LogP contribution in [0.25, 0.3) is 10.9 Å². The van der Waals surface area contributed by atoms with Gasteiger partial charge < -0.3 is 5.73 Å². The van der Waals surface area contributed by atoms with Crippen molar-refractivity contribution in [3.8, 4) is 0 Å². The molecule has 2 heteroatoms. The largest absolute Gasteiger partial charge is 0.398 e. The van der Waals surface area contributed by atoms with Gasteiger partial charge in [0.15, 0.2) is 0 Å². The number of nitrogens with two attached hydrogens (primary N) is 1. The Morgan fingerprint density at radius 2 is 1.89 bits per heavy atom. The lowest BCUT2D eigenvalue weighted by molar-refractivity contribution is 0.594. The maximum atomic E-state index is 6.30. The second-order valence-corrected chi connectivity index (χ2v) is 5.89. The summed E-state index contributed by atoms with van der Waals surface area (Å²) in [5.74, 6) is 0. The van der Waals surface area contributed by atoms with Crippen molar-refractivity contribution in [1.82, 2.24) is 4.98 Å². The molecule has 0 spiro atoms. The summed E-state index contributed by atoms with van der Waals surface area (Å²) >= 11 is 0. The minimum absolute atomic E-state index is 0.0825. The number of anilines is 1. The topological polar surface area (TPSA) is 38.9 Å². The van der Waals surface area contributed by atoms with Crippen LogP contribution in [0.15, 0.2) is 18.2 Å². The SMILES string of the molecule is CCc1c(C)nc2c(C(C)(C)C)cccc2c1N. The van der Waals surface area contributed by atoms with E-state index in [0.717, 1.165) is 28.7 Å². The fraction of sp³-hybridized carbons (Fsp3) is 0.438. The van der Waals surface area contributed by atoms with E-state index in [4.69, 9.17) is 10.7 Å². The third kappa shape index (κ3) is 1.96. The number of benzene rings is 1. The van der Waals surface area contributed by atoms with Crippen LogP contribution in [0.1, 0.15) is 44.5 Å². The molecular formula is C16H22N2. The maximum absolute atomic E-state index is 6.30. The summed E-state index contributed by atoms with van der Waals surface area (Å²) in [4.78, 5) is 4.79. The van der Waals surface area contributed by atoms with Gasteiger partial charge in [-0.25, -0.2) is 0 Å². The highest BCUT2D eigenvalue weighted by Crippen LogP contribution is 2.33. The summed E-state index contributed by atoms with van der Waals surface area (Å²) in [5, 5.41) is 1.09. The molecule has 0 saturated carbocycles. The Hall–Kier alpha value is -1.57. The fourth-order valence-electron chi connectivity index (χ4n) is 2.53. The third-order valence-electron chi connectivity index (χ3n) is 3.53. The lowest BCUT2D eigenvalue weighted by Gasteiger charge is -2.22. The van der Waals surface area contributed by atoms with E-state index in [2.05, 4.69) is 45.9 Å². The Balaban J connectivity index is 2.88. The first-order valence-corrected chi connectivity index (χ1v) is 6.54. The second kappa shape index (κ2) is 4.27. The Morgan fingerprint density at radius 3 is 2.44 bits per heavy atom. The Morgan fingerprint density at radius 1 is 1.22 bits per heavy atom. The van der Waals surface area contributed by atoms with Gasteiger partial charge in [-0.3, -0.25) is 4.98 Å². The molecule has 96 valence electrons. The monoisotopic (exact) mass is 242 g/mol.